The van der Waals surface area contributed by atoms with E-state index in [2.05, 4.69) is 4.98 Å². The number of hydrogen-bond donors (Lipinski definition) is 0. The Morgan fingerprint density at radius 2 is 2.15 bits per heavy atom. The van der Waals surface area contributed by atoms with E-state index >= 15 is 0 Å². The van der Waals surface area contributed by atoms with Crippen molar-refractivity contribution in [2.45, 2.75) is 24.1 Å². The van der Waals surface area contributed by atoms with Gasteiger partial charge in [0.1, 0.15) is 4.21 Å². The van der Waals surface area contributed by atoms with Gasteiger partial charge in [-0.15, -0.1) is 34.3 Å². The summed E-state index contributed by atoms with van der Waals surface area (Å²) in [6.07, 6.45) is 0.691. The lowest BCUT2D eigenvalue weighted by atomic mass is 10.4. The molecule has 0 aromatic carbocycles. The summed E-state index contributed by atoms with van der Waals surface area (Å²) < 4.78 is 26.6. The van der Waals surface area contributed by atoms with Crippen LogP contribution >= 0.6 is 34.3 Å². The summed E-state index contributed by atoms with van der Waals surface area (Å²) in [5, 5.41) is 2.82. The number of thiophene rings is 1. The Morgan fingerprint density at radius 3 is 2.75 bits per heavy atom. The zero-order valence-electron chi connectivity index (χ0n) is 11.2. The van der Waals surface area contributed by atoms with E-state index in [1.165, 1.54) is 27.0 Å². The second kappa shape index (κ2) is 6.53. The Morgan fingerprint density at radius 1 is 1.40 bits per heavy atom. The van der Waals surface area contributed by atoms with E-state index in [0.29, 0.717) is 16.5 Å². The van der Waals surface area contributed by atoms with Crippen molar-refractivity contribution in [1.29, 1.82) is 0 Å². The van der Waals surface area contributed by atoms with Crippen LogP contribution in [-0.2, 0) is 23.0 Å². The lowest BCUT2D eigenvalue weighted by Gasteiger charge is -2.14. The lowest BCUT2D eigenvalue weighted by molar-refractivity contribution is 0.464. The predicted molar refractivity (Wildman–Crippen MR) is 84.2 cm³/mol. The number of rotatable bonds is 6. The third-order valence-electron chi connectivity index (χ3n) is 2.69. The van der Waals surface area contributed by atoms with Gasteiger partial charge in [-0.2, -0.15) is 4.31 Å². The molecule has 2 rings (SSSR count). The molecule has 0 amide bonds. The van der Waals surface area contributed by atoms with E-state index in [1.54, 1.807) is 13.1 Å². The molecule has 110 valence electrons. The molecular weight excluding hydrogens is 336 g/mol. The standard InChI is InChI=1S/C12H15ClN2O2S3/c1-9-14-10(8-18-9)7-15(2)20(16,17)12-4-3-11(19-12)5-6-13/h3-4,8H,5-7H2,1-2H3. The smallest absolute Gasteiger partial charge is 0.245 e. The maximum atomic E-state index is 12.4. The quantitative estimate of drug-likeness (QED) is 0.752. The summed E-state index contributed by atoms with van der Waals surface area (Å²) in [7, 11) is -1.88. The van der Waals surface area contributed by atoms with Crippen molar-refractivity contribution >= 4 is 44.3 Å². The van der Waals surface area contributed by atoms with E-state index in [-0.39, 0.29) is 6.54 Å². The fraction of sp³-hybridized carbons (Fsp3) is 0.417. The van der Waals surface area contributed by atoms with Crippen LogP contribution in [0.2, 0.25) is 0 Å². The average molecular weight is 351 g/mol. The van der Waals surface area contributed by atoms with Gasteiger partial charge in [-0.05, 0) is 25.5 Å². The van der Waals surface area contributed by atoms with Crippen LogP contribution in [-0.4, -0.2) is 30.6 Å². The number of hydrogen-bond acceptors (Lipinski definition) is 5. The van der Waals surface area contributed by atoms with Crippen LogP contribution in [0.4, 0.5) is 0 Å². The van der Waals surface area contributed by atoms with Gasteiger partial charge in [-0.3, -0.25) is 0 Å². The summed E-state index contributed by atoms with van der Waals surface area (Å²) in [5.41, 5.74) is 0.774. The highest BCUT2D eigenvalue weighted by Gasteiger charge is 2.23. The van der Waals surface area contributed by atoms with Crippen LogP contribution in [0.1, 0.15) is 15.6 Å². The minimum Gasteiger partial charge on any atom is -0.245 e. The largest absolute Gasteiger partial charge is 0.252 e. The second-order valence-corrected chi connectivity index (χ2v) is 9.16. The highest BCUT2D eigenvalue weighted by Crippen LogP contribution is 2.26. The number of aryl methyl sites for hydroxylation is 2. The van der Waals surface area contributed by atoms with Gasteiger partial charge < -0.3 is 0 Å². The Labute approximate surface area is 132 Å². The van der Waals surface area contributed by atoms with E-state index in [1.807, 2.05) is 18.4 Å². The van der Waals surface area contributed by atoms with Crippen molar-refractivity contribution < 1.29 is 8.42 Å². The molecule has 8 heteroatoms. The van der Waals surface area contributed by atoms with E-state index in [9.17, 15) is 8.42 Å². The molecule has 2 aromatic rings. The molecule has 0 bridgehead atoms. The summed E-state index contributed by atoms with van der Waals surface area (Å²) in [4.78, 5) is 5.27. The molecule has 0 aliphatic rings. The van der Waals surface area contributed by atoms with Crippen LogP contribution in [0.5, 0.6) is 0 Å². The predicted octanol–water partition coefficient (Wildman–Crippen LogP) is 3.12. The van der Waals surface area contributed by atoms with Gasteiger partial charge >= 0.3 is 0 Å². The number of halogens is 1. The number of sulfonamides is 1. The van der Waals surface area contributed by atoms with Gasteiger partial charge in [0, 0.05) is 23.2 Å². The Balaban J connectivity index is 2.15. The van der Waals surface area contributed by atoms with Crippen molar-refractivity contribution in [2.24, 2.45) is 0 Å². The molecule has 0 N–H and O–H groups in total. The zero-order valence-corrected chi connectivity index (χ0v) is 14.4. The Bertz CT molecular complexity index is 678. The molecule has 4 nitrogen and oxygen atoms in total. The molecule has 2 aromatic heterocycles. The number of thiazole rings is 1. The highest BCUT2D eigenvalue weighted by molar-refractivity contribution is 7.91. The molecule has 0 spiro atoms. The fourth-order valence-corrected chi connectivity index (χ4v) is 5.30. The third-order valence-corrected chi connectivity index (χ3v) is 7.12. The topological polar surface area (TPSA) is 50.3 Å². The molecular formula is C12H15ClN2O2S3. The molecule has 0 saturated heterocycles. The van der Waals surface area contributed by atoms with Crippen LogP contribution in [0.3, 0.4) is 0 Å². The summed E-state index contributed by atoms with van der Waals surface area (Å²) in [6.45, 7) is 2.19. The molecule has 0 fully saturated rings. The highest BCUT2D eigenvalue weighted by atomic mass is 35.5. The molecule has 0 atom stereocenters. The van der Waals surface area contributed by atoms with Gasteiger partial charge in [-0.25, -0.2) is 13.4 Å². The van der Waals surface area contributed by atoms with Crippen molar-refractivity contribution in [1.82, 2.24) is 9.29 Å². The monoisotopic (exact) mass is 350 g/mol. The van der Waals surface area contributed by atoms with Crippen LogP contribution < -0.4 is 0 Å². The van der Waals surface area contributed by atoms with Crippen molar-refractivity contribution in [2.75, 3.05) is 12.9 Å². The first kappa shape index (κ1) is 15.9. The lowest BCUT2D eigenvalue weighted by Crippen LogP contribution is -2.25. The molecule has 20 heavy (non-hydrogen) atoms. The SMILES string of the molecule is Cc1nc(CN(C)S(=O)(=O)c2ccc(CCCl)s2)cs1. The summed E-state index contributed by atoms with van der Waals surface area (Å²) in [5.74, 6) is 0.494. The molecule has 0 unspecified atom stereocenters. The summed E-state index contributed by atoms with van der Waals surface area (Å²) in [6, 6.07) is 3.46. The molecule has 0 aliphatic heterocycles. The zero-order chi connectivity index (χ0) is 14.8. The van der Waals surface area contributed by atoms with Gasteiger partial charge in [0.15, 0.2) is 0 Å². The minimum atomic E-state index is -3.45. The van der Waals surface area contributed by atoms with Gasteiger partial charge in [0.25, 0.3) is 10.0 Å². The van der Waals surface area contributed by atoms with Crippen LogP contribution in [0.25, 0.3) is 0 Å². The summed E-state index contributed by atoms with van der Waals surface area (Å²) >= 11 is 8.47. The molecule has 0 aliphatic carbocycles. The van der Waals surface area contributed by atoms with Crippen LogP contribution in [0, 0.1) is 6.92 Å². The van der Waals surface area contributed by atoms with E-state index < -0.39 is 10.0 Å². The maximum Gasteiger partial charge on any atom is 0.252 e. The molecule has 2 heterocycles. The minimum absolute atomic E-state index is 0.287. The maximum absolute atomic E-state index is 12.4. The number of aromatic nitrogens is 1. The Kier molecular flexibility index (Phi) is 5.19. The van der Waals surface area contributed by atoms with Crippen molar-refractivity contribution in [3.8, 4) is 0 Å². The van der Waals surface area contributed by atoms with Gasteiger partial charge in [-0.1, -0.05) is 0 Å². The first-order valence-electron chi connectivity index (χ1n) is 5.95. The molecule has 0 saturated carbocycles. The second-order valence-electron chi connectivity index (χ2n) is 4.28. The number of alkyl halides is 1. The van der Waals surface area contributed by atoms with E-state index in [0.717, 1.165) is 15.6 Å². The Hall–Kier alpha value is -0.470. The fourth-order valence-electron chi connectivity index (χ4n) is 1.67. The van der Waals surface area contributed by atoms with Gasteiger partial charge in [0.2, 0.25) is 0 Å². The van der Waals surface area contributed by atoms with Crippen LogP contribution in [0.15, 0.2) is 21.7 Å². The molecule has 0 radical (unpaired) electrons. The van der Waals surface area contributed by atoms with Crippen molar-refractivity contribution in [3.63, 3.8) is 0 Å². The normalized spacial score (nSPS) is 12.2. The van der Waals surface area contributed by atoms with Crippen molar-refractivity contribution in [3.05, 3.63) is 33.1 Å². The third kappa shape index (κ3) is 3.59. The van der Waals surface area contributed by atoms with Gasteiger partial charge in [0.05, 0.1) is 17.2 Å². The average Bonchev–Trinajstić information content (AvgIpc) is 2.99. The number of nitrogens with zero attached hydrogens (tertiary/aromatic N) is 2. The first-order valence-corrected chi connectivity index (χ1v) is 9.62. The first-order chi connectivity index (χ1) is 9.43. The van der Waals surface area contributed by atoms with E-state index in [4.69, 9.17) is 11.6 Å².